The van der Waals surface area contributed by atoms with E-state index in [2.05, 4.69) is 64.0 Å². The number of rotatable bonds is 28. The molecule has 5 amide bonds. The monoisotopic (exact) mass is 1080 g/mol. The Morgan fingerprint density at radius 2 is 1.35 bits per heavy atom. The van der Waals surface area contributed by atoms with Gasteiger partial charge < -0.3 is 41.5 Å². The Balaban J connectivity index is 0.815. The molecule has 10 atom stereocenters. The minimum atomic E-state index is -0.782. The third-order valence-corrected chi connectivity index (χ3v) is 16.2. The zero-order valence-corrected chi connectivity index (χ0v) is 46.7. The maximum atomic E-state index is 14.2. The highest BCUT2D eigenvalue weighted by Crippen LogP contribution is 2.34. The Labute approximate surface area is 462 Å². The summed E-state index contributed by atoms with van der Waals surface area (Å²) in [6.07, 6.45) is 18.5. The molecule has 0 radical (unpaired) electrons. The van der Waals surface area contributed by atoms with Crippen molar-refractivity contribution in [1.82, 2.24) is 61.7 Å². The van der Waals surface area contributed by atoms with Gasteiger partial charge in [-0.05, 0) is 129 Å². The highest BCUT2D eigenvalue weighted by atomic mass is 16.5. The summed E-state index contributed by atoms with van der Waals surface area (Å²) in [5.74, 6) is -0.767. The van der Waals surface area contributed by atoms with Crippen molar-refractivity contribution in [3.63, 3.8) is 0 Å². The third-order valence-electron chi connectivity index (χ3n) is 16.2. The van der Waals surface area contributed by atoms with Crippen LogP contribution in [0.1, 0.15) is 158 Å². The smallest absolute Gasteiger partial charge is 0.246 e. The van der Waals surface area contributed by atoms with Gasteiger partial charge in [-0.1, -0.05) is 103 Å². The first-order valence-electron chi connectivity index (χ1n) is 29.0. The molecule has 0 spiro atoms. The molecule has 4 fully saturated rings. The maximum Gasteiger partial charge on any atom is 0.246 e. The fourth-order valence-electron chi connectivity index (χ4n) is 11.4. The lowest BCUT2D eigenvalue weighted by Crippen LogP contribution is -2.58. The first-order valence-corrected chi connectivity index (χ1v) is 29.0. The zero-order valence-electron chi connectivity index (χ0n) is 46.7. The molecule has 78 heavy (non-hydrogen) atoms. The fraction of sp³-hybridized carbons (Fsp3) is 0.638. The van der Waals surface area contributed by atoms with Crippen molar-refractivity contribution in [2.45, 2.75) is 197 Å². The van der Waals surface area contributed by atoms with Gasteiger partial charge in [0.1, 0.15) is 17.8 Å². The molecule has 20 nitrogen and oxygen atoms in total. The molecule has 5 heterocycles. The van der Waals surface area contributed by atoms with Crippen LogP contribution in [0.3, 0.4) is 0 Å². The third kappa shape index (κ3) is 17.0. The average Bonchev–Trinajstić information content (AvgIpc) is 4.27. The topological polar surface area (TPSA) is 232 Å². The zero-order chi connectivity index (χ0) is 55.2. The molecular formula is C58H88N14O6. The number of nitrogens with one attached hydrogen (secondary N) is 6. The van der Waals surface area contributed by atoms with Crippen molar-refractivity contribution in [3.05, 3.63) is 96.5 Å². The number of amides is 5. The lowest BCUT2D eigenvalue weighted by molar-refractivity contribution is -0.144. The van der Waals surface area contributed by atoms with Crippen LogP contribution in [0.15, 0.2) is 90.0 Å². The van der Waals surface area contributed by atoms with Crippen molar-refractivity contribution in [2.75, 3.05) is 40.4 Å². The number of hydrogen-bond acceptors (Lipinski definition) is 13. The summed E-state index contributed by atoms with van der Waals surface area (Å²) in [4.78, 5) is 72.0. The van der Waals surface area contributed by atoms with Crippen LogP contribution >= 0.6 is 0 Å². The number of ether oxygens (including phenoxy) is 1. The highest BCUT2D eigenvalue weighted by molar-refractivity contribution is 5.94. The predicted molar refractivity (Wildman–Crippen MR) is 299 cm³/mol. The van der Waals surface area contributed by atoms with Crippen LogP contribution in [0.4, 0.5) is 0 Å². The Bertz CT molecular complexity index is 2390. The molecule has 2 aromatic carbocycles. The SMILES string of the molecule is C=CN(CCCCCOCCCCCn1cc([C@@H](NC(=O)[C@@H]2CC[C@@H]3CCCC[C@H](NC(=O)[C@H](C)NC)CN32)c2ccccc2)nn1)N=NC(NC(=O)[C@@H]1CC[C@@H]2CCCC[C@H](NC(=O)[C@H](C)NC)C(=O)N21)c1ccccc1. The number of aryl methyl sites for hydroxylation is 1. The number of hydrogen-bond donors (Lipinski definition) is 6. The van der Waals surface area contributed by atoms with Gasteiger partial charge in [0.2, 0.25) is 29.5 Å². The van der Waals surface area contributed by atoms with Gasteiger partial charge >= 0.3 is 0 Å². The summed E-state index contributed by atoms with van der Waals surface area (Å²) in [7, 11) is 3.50. The van der Waals surface area contributed by atoms with E-state index < -0.39 is 30.3 Å². The maximum absolute atomic E-state index is 14.2. The average molecular weight is 1080 g/mol. The standard InChI is InChI=1S/C58H88N14O6/c1-6-69(68-66-53(44-25-13-8-14-26-44)64-57(76)51-34-32-47-29-17-18-30-48(58(77)72(47)51)62-55(74)42(3)60-5)35-19-9-21-37-78-38-22-10-20-36-70-40-49(65-67-70)52(43-23-11-7-12-24-43)63-56(75)50-33-31-46-28-16-15-27-45(39-71(46)50)61-54(73)41(2)59-4/h6-8,11-14,23-26,40-42,45-48,50-53,59-60H,1,9-10,15-22,27-39H2,2-5H3,(H,61,73)(H,62,74)(H,63,75)(H,64,76)/t41-,42-,45-,46-,47-,48-,50-,51-,52-,53?/m0/s1. The van der Waals surface area contributed by atoms with E-state index in [0.717, 1.165) is 114 Å². The van der Waals surface area contributed by atoms with Gasteiger partial charge in [0.25, 0.3) is 0 Å². The second-order valence-electron chi connectivity index (χ2n) is 21.7. The molecule has 20 heteroatoms. The molecular weight excluding hydrogens is 989 g/mol. The molecule has 4 saturated heterocycles. The van der Waals surface area contributed by atoms with Crippen LogP contribution in [0.5, 0.6) is 0 Å². The van der Waals surface area contributed by atoms with Crippen molar-refractivity contribution in [3.8, 4) is 0 Å². The van der Waals surface area contributed by atoms with Gasteiger partial charge in [-0.2, -0.15) is 0 Å². The second kappa shape index (κ2) is 30.9. The molecule has 426 valence electrons. The van der Waals surface area contributed by atoms with Crippen LogP contribution in [0.2, 0.25) is 0 Å². The van der Waals surface area contributed by atoms with E-state index in [1.165, 1.54) is 0 Å². The second-order valence-corrected chi connectivity index (χ2v) is 21.7. The highest BCUT2D eigenvalue weighted by Gasteiger charge is 2.45. The largest absolute Gasteiger partial charge is 0.381 e. The summed E-state index contributed by atoms with van der Waals surface area (Å²) < 4.78 is 7.87. The summed E-state index contributed by atoms with van der Waals surface area (Å²) in [6, 6.07) is 16.9. The Morgan fingerprint density at radius 3 is 2.05 bits per heavy atom. The van der Waals surface area contributed by atoms with Gasteiger partial charge in [0.15, 0.2) is 6.17 Å². The van der Waals surface area contributed by atoms with Crippen molar-refractivity contribution >= 4 is 29.5 Å². The van der Waals surface area contributed by atoms with E-state index in [-0.39, 0.29) is 53.7 Å². The van der Waals surface area contributed by atoms with Crippen molar-refractivity contribution in [1.29, 1.82) is 0 Å². The van der Waals surface area contributed by atoms with E-state index in [0.29, 0.717) is 57.4 Å². The molecule has 1 aromatic heterocycles. The number of nitrogens with zero attached hydrogens (tertiary/aromatic N) is 8. The number of aromatic nitrogens is 3. The minimum absolute atomic E-state index is 0.00692. The number of carbonyl (C=O) groups is 5. The van der Waals surface area contributed by atoms with E-state index in [9.17, 15) is 24.0 Å². The summed E-state index contributed by atoms with van der Waals surface area (Å²) in [5.41, 5.74) is 2.41. The summed E-state index contributed by atoms with van der Waals surface area (Å²) in [5, 5.41) is 38.4. The van der Waals surface area contributed by atoms with Crippen molar-refractivity contribution in [2.24, 2.45) is 10.3 Å². The minimum Gasteiger partial charge on any atom is -0.381 e. The number of likely N-dealkylation sites (N-methyl/N-ethyl adjacent to an activating group) is 2. The molecule has 1 unspecified atom stereocenters. The molecule has 3 aromatic rings. The molecule has 6 N–H and O–H groups in total. The number of benzene rings is 2. The van der Waals surface area contributed by atoms with E-state index in [1.54, 1.807) is 37.1 Å². The Kier molecular flexibility index (Phi) is 23.6. The van der Waals surface area contributed by atoms with Crippen LogP contribution in [0.25, 0.3) is 0 Å². The molecule has 4 aliphatic rings. The Morgan fingerprint density at radius 1 is 0.731 bits per heavy atom. The van der Waals surface area contributed by atoms with Crippen LogP contribution in [-0.4, -0.2) is 148 Å². The molecule has 4 aliphatic heterocycles. The van der Waals surface area contributed by atoms with E-state index in [4.69, 9.17) is 4.74 Å². The first kappa shape index (κ1) is 59.6. The van der Waals surface area contributed by atoms with Crippen LogP contribution in [-0.2, 0) is 35.3 Å². The lowest BCUT2D eigenvalue weighted by Gasteiger charge is -2.36. The fourth-order valence-corrected chi connectivity index (χ4v) is 11.4. The number of unbranched alkanes of at least 4 members (excludes halogenated alkanes) is 4. The van der Waals surface area contributed by atoms with Gasteiger partial charge in [-0.15, -0.1) is 10.2 Å². The molecule has 0 saturated carbocycles. The van der Waals surface area contributed by atoms with Gasteiger partial charge in [0.05, 0.1) is 30.4 Å². The quantitative estimate of drug-likeness (QED) is 0.0280. The normalized spacial score (nSPS) is 23.3. The predicted octanol–water partition coefficient (Wildman–Crippen LogP) is 5.99. The molecule has 7 rings (SSSR count). The summed E-state index contributed by atoms with van der Waals surface area (Å²) in [6.45, 7) is 10.9. The first-order chi connectivity index (χ1) is 38.0. The lowest BCUT2D eigenvalue weighted by atomic mass is 9.98. The Hall–Kier alpha value is -6.09. The van der Waals surface area contributed by atoms with Gasteiger partial charge in [-0.25, -0.2) is 0 Å². The van der Waals surface area contributed by atoms with E-state index in [1.807, 2.05) is 78.5 Å². The van der Waals surface area contributed by atoms with Crippen LogP contribution < -0.4 is 31.9 Å². The van der Waals surface area contributed by atoms with Crippen molar-refractivity contribution < 1.29 is 28.7 Å². The van der Waals surface area contributed by atoms with Crippen LogP contribution in [0, 0.1) is 0 Å². The number of carbonyl (C=O) groups excluding carboxylic acids is 5. The van der Waals surface area contributed by atoms with Gasteiger partial charge in [0, 0.05) is 57.2 Å². The number of fused-ring (bicyclic) bond motifs is 2. The van der Waals surface area contributed by atoms with E-state index >= 15 is 0 Å². The van der Waals surface area contributed by atoms with Gasteiger partial charge in [-0.3, -0.25) is 38.6 Å². The molecule has 0 aliphatic carbocycles. The summed E-state index contributed by atoms with van der Waals surface area (Å²) >= 11 is 0. The molecule has 0 bridgehead atoms.